The van der Waals surface area contributed by atoms with Gasteiger partial charge in [-0.3, -0.25) is 0 Å². The third kappa shape index (κ3) is 5.27. The Bertz CT molecular complexity index is 614. The molecule has 3 heterocycles. The van der Waals surface area contributed by atoms with Crippen LogP contribution in [0.2, 0.25) is 0 Å². The van der Waals surface area contributed by atoms with Crippen LogP contribution in [-0.2, 0) is 54.2 Å². The summed E-state index contributed by atoms with van der Waals surface area (Å²) in [6.45, 7) is 2.86. The van der Waals surface area contributed by atoms with Crippen molar-refractivity contribution in [2.24, 2.45) is 29.2 Å². The molecule has 11 N–H and O–H groups in total. The number of quaternary nitrogens is 4. The first-order valence-corrected chi connectivity index (χ1v) is 6.87. The van der Waals surface area contributed by atoms with E-state index >= 15 is 0 Å². The molecule has 25 heteroatoms. The van der Waals surface area contributed by atoms with Gasteiger partial charge in [0.25, 0.3) is 15.2 Å². The molecule has 3 saturated heterocycles. The monoisotopic (exact) mass is 441 g/mol. The molecule has 0 aromatic carbocycles. The van der Waals surface area contributed by atoms with E-state index in [4.69, 9.17) is 63.8 Å². The van der Waals surface area contributed by atoms with Gasteiger partial charge in [0, 0.05) is 9.88 Å². The third-order valence-corrected chi connectivity index (χ3v) is 2.51. The van der Waals surface area contributed by atoms with Gasteiger partial charge in [-0.15, -0.1) is 19.9 Å². The Balaban J connectivity index is 2.01. The minimum absolute atomic E-state index is 0.00832. The van der Waals surface area contributed by atoms with E-state index in [9.17, 15) is 5.21 Å². The van der Waals surface area contributed by atoms with E-state index in [2.05, 4.69) is 26.2 Å². The molecule has 25 nitrogen and oxygen atoms in total. The van der Waals surface area contributed by atoms with Crippen molar-refractivity contribution in [1.82, 2.24) is 21.5 Å². The van der Waals surface area contributed by atoms with Gasteiger partial charge in [0.05, 0.1) is 20.5 Å². The molecule has 0 saturated carbocycles. The zero-order valence-corrected chi connectivity index (χ0v) is 14.4. The minimum Gasteiger partial charge on any atom is -0.216 e. The Hall–Kier alpha value is -1.26. The summed E-state index contributed by atoms with van der Waals surface area (Å²) < 4.78 is 0. The molecule has 0 spiro atoms. The Kier molecular flexibility index (Phi) is 6.01. The number of hydrogen-bond donors (Lipinski definition) is 6. The van der Waals surface area contributed by atoms with E-state index in [1.807, 2.05) is 0 Å². The van der Waals surface area contributed by atoms with Gasteiger partial charge in [-0.2, -0.15) is 0 Å². The highest BCUT2D eigenvalue weighted by Crippen LogP contribution is 2.31. The second kappa shape index (κ2) is 7.77. The number of hydrogen-bond acceptors (Lipinski definition) is 21. The first kappa shape index (κ1) is 22.4. The summed E-state index contributed by atoms with van der Waals surface area (Å²) >= 11 is 0. The SMILES string of the molecule is C=CC[N+]12ON(ON3ON(N)ON(N)O[N+](N)(O3)O1)O[N+](N)(OC)O[N+](N)(O)O2. The summed E-state index contributed by atoms with van der Waals surface area (Å²) in [6.07, 6.45) is 1.12. The van der Waals surface area contributed by atoms with Crippen LogP contribution in [-0.4, -0.2) is 60.5 Å². The van der Waals surface area contributed by atoms with Crippen LogP contribution >= 0.6 is 0 Å². The lowest BCUT2D eigenvalue weighted by Crippen LogP contribution is -2.78. The molecule has 0 aromatic rings. The fraction of sp³-hybridized carbons (Fsp3) is 0.500. The third-order valence-electron chi connectivity index (χ3n) is 2.51. The molecule has 0 aliphatic carbocycles. The zero-order chi connectivity index (χ0) is 21.5. The first-order chi connectivity index (χ1) is 13.4. The van der Waals surface area contributed by atoms with E-state index in [0.717, 1.165) is 13.2 Å². The molecule has 0 amide bonds. The lowest BCUT2D eigenvalue weighted by Gasteiger charge is -2.37. The van der Waals surface area contributed by atoms with Crippen LogP contribution in [0.1, 0.15) is 0 Å². The molecule has 168 valence electrons. The number of hydroxylamine groups is 3. The molecular weight excluding hydrogens is 422 g/mol. The van der Waals surface area contributed by atoms with Gasteiger partial charge in [0.2, 0.25) is 16.9 Å². The maximum absolute atomic E-state index is 10.1. The van der Waals surface area contributed by atoms with Gasteiger partial charge in [0.1, 0.15) is 7.11 Å². The lowest BCUT2D eigenvalue weighted by molar-refractivity contribution is -1.72. The van der Waals surface area contributed by atoms with E-state index in [-0.39, 0.29) is 21.5 Å². The van der Waals surface area contributed by atoms with Gasteiger partial charge >= 0.3 is 0 Å². The maximum Gasteiger partial charge on any atom is 0.294 e. The maximum atomic E-state index is 10.1. The molecule has 3 fully saturated rings. The minimum atomic E-state index is -2.40. The van der Waals surface area contributed by atoms with Crippen molar-refractivity contribution in [3.63, 3.8) is 0 Å². The van der Waals surface area contributed by atoms with Crippen LogP contribution in [0.15, 0.2) is 12.7 Å². The van der Waals surface area contributed by atoms with Crippen LogP contribution in [0.3, 0.4) is 0 Å². The van der Waals surface area contributed by atoms with Gasteiger partial charge in [-0.25, -0.2) is 11.7 Å². The molecule has 3 aliphatic heterocycles. The van der Waals surface area contributed by atoms with Gasteiger partial charge < -0.3 is 0 Å². The Labute approximate surface area is 158 Å². The average molecular weight is 441 g/mol. The van der Waals surface area contributed by atoms with E-state index in [1.54, 1.807) is 0 Å². The fourth-order valence-corrected chi connectivity index (χ4v) is 1.68. The number of nitrogens with two attached hydrogens (primary N) is 5. The largest absolute Gasteiger partial charge is 0.294 e. The van der Waals surface area contributed by atoms with E-state index < -0.39 is 26.8 Å². The number of fused-ring (bicyclic) bond motifs is 4. The van der Waals surface area contributed by atoms with Crippen LogP contribution in [0.25, 0.3) is 0 Å². The number of nitrogens with zero attached hydrogens (tertiary/aromatic N) is 8. The summed E-state index contributed by atoms with van der Waals surface area (Å²) in [7, 11) is 0.956. The Morgan fingerprint density at radius 3 is 2.31 bits per heavy atom. The topological polar surface area (TPSA) is 265 Å². The standard InChI is InChI=1S/C4H19N13O12/c1-3-4-14-24-13(26-16(8,19-2)29-15(7,18)27-14)22-12-21-10(5)20-11(6)23-17(9,25-12)28-14/h3,18H,1,4-9H2,2H3/q+4. The molecule has 29 heavy (non-hydrogen) atoms. The van der Waals surface area contributed by atoms with Crippen LogP contribution < -0.4 is 29.2 Å². The van der Waals surface area contributed by atoms with E-state index in [1.165, 1.54) is 0 Å². The first-order valence-electron chi connectivity index (χ1n) is 6.87. The Morgan fingerprint density at radius 2 is 1.66 bits per heavy atom. The predicted molar refractivity (Wildman–Crippen MR) is 64.0 cm³/mol. The highest BCUT2D eigenvalue weighted by atomic mass is 17.6. The van der Waals surface area contributed by atoms with Gasteiger partial charge in [-0.1, -0.05) is 29.0 Å². The molecule has 6 atom stereocenters. The molecule has 0 radical (unpaired) electrons. The van der Waals surface area contributed by atoms with Crippen LogP contribution in [0.4, 0.5) is 0 Å². The number of hydrazine groups is 2. The molecule has 6 unspecified atom stereocenters. The predicted octanol–water partition coefficient (Wildman–Crippen LogP) is -5.53. The van der Waals surface area contributed by atoms with Crippen LogP contribution in [0.5, 0.6) is 0 Å². The van der Waals surface area contributed by atoms with E-state index in [0.29, 0.717) is 0 Å². The van der Waals surface area contributed by atoms with Crippen LogP contribution in [0, 0.1) is 0 Å². The van der Waals surface area contributed by atoms with Crippen molar-refractivity contribution in [3.05, 3.63) is 12.7 Å². The van der Waals surface area contributed by atoms with Gasteiger partial charge in [0.15, 0.2) is 20.2 Å². The normalized spacial score (nSPS) is 47.8. The van der Waals surface area contributed by atoms with Crippen molar-refractivity contribution < 1.29 is 79.6 Å². The highest BCUT2D eigenvalue weighted by Gasteiger charge is 2.70. The molecule has 3 aliphatic rings. The summed E-state index contributed by atoms with van der Waals surface area (Å²) in [5.41, 5.74) is 0. The van der Waals surface area contributed by atoms with Crippen molar-refractivity contribution in [3.8, 4) is 0 Å². The summed E-state index contributed by atoms with van der Waals surface area (Å²) in [6, 6.07) is 0. The quantitative estimate of drug-likeness (QED) is 0.135. The second-order valence-corrected chi connectivity index (χ2v) is 4.74. The summed E-state index contributed by atoms with van der Waals surface area (Å²) in [5, 5.41) is 3.62. The molecular formula is C4H19N13O12+4. The van der Waals surface area contributed by atoms with Crippen molar-refractivity contribution in [1.29, 1.82) is 0 Å². The van der Waals surface area contributed by atoms with Crippen molar-refractivity contribution in [2.45, 2.75) is 0 Å². The van der Waals surface area contributed by atoms with Gasteiger partial charge in [-0.05, 0) is 6.08 Å². The smallest absolute Gasteiger partial charge is 0.216 e. The average Bonchev–Trinajstić information content (AvgIpc) is 2.49. The molecule has 4 bridgehead atoms. The zero-order valence-electron chi connectivity index (χ0n) is 14.4. The highest BCUT2D eigenvalue weighted by molar-refractivity contribution is 4.61. The van der Waals surface area contributed by atoms with Crippen molar-refractivity contribution >= 4 is 0 Å². The summed E-state index contributed by atoms with van der Waals surface area (Å²) in [4.78, 5) is 51.3. The fourth-order valence-electron chi connectivity index (χ4n) is 1.68. The lowest BCUT2D eigenvalue weighted by atomic mass is 10.6. The molecule has 3 rings (SSSR count). The van der Waals surface area contributed by atoms with Crippen molar-refractivity contribution in [2.75, 3.05) is 13.7 Å². The Morgan fingerprint density at radius 1 is 0.931 bits per heavy atom. The summed E-state index contributed by atoms with van der Waals surface area (Å²) in [5.74, 6) is 27.2. The number of rotatable bonds is 3. The second-order valence-electron chi connectivity index (χ2n) is 4.74. The molecule has 0 aromatic heterocycles.